The van der Waals surface area contributed by atoms with Crippen molar-refractivity contribution >= 4 is 11.0 Å². The van der Waals surface area contributed by atoms with Gasteiger partial charge in [0.15, 0.2) is 0 Å². The summed E-state index contributed by atoms with van der Waals surface area (Å²) >= 11 is 0. The molecule has 22 heavy (non-hydrogen) atoms. The Bertz CT molecular complexity index is 769. The molecule has 3 heteroatoms. The Hall–Kier alpha value is -2.29. The van der Waals surface area contributed by atoms with Gasteiger partial charge in [-0.2, -0.15) is 0 Å². The zero-order valence-corrected chi connectivity index (χ0v) is 13.5. The number of rotatable bonds is 5. The van der Waals surface area contributed by atoms with E-state index in [1.807, 2.05) is 6.07 Å². The number of benzene rings is 2. The van der Waals surface area contributed by atoms with Crippen LogP contribution in [0.5, 0.6) is 5.75 Å². The lowest BCUT2D eigenvalue weighted by molar-refractivity contribution is 0.301. The van der Waals surface area contributed by atoms with Crippen molar-refractivity contribution in [3.63, 3.8) is 0 Å². The molecule has 0 fully saturated rings. The Kier molecular flexibility index (Phi) is 4.14. The molecule has 3 rings (SSSR count). The van der Waals surface area contributed by atoms with Gasteiger partial charge in [0.25, 0.3) is 0 Å². The third-order valence-electron chi connectivity index (χ3n) is 3.84. The molecule has 0 radical (unpaired) electrons. The molecule has 0 amide bonds. The zero-order chi connectivity index (χ0) is 15.5. The maximum Gasteiger partial charge on any atom is 0.119 e. The van der Waals surface area contributed by atoms with Gasteiger partial charge in [0.2, 0.25) is 0 Å². The molecular weight excluding hydrogens is 272 g/mol. The van der Waals surface area contributed by atoms with E-state index in [-0.39, 0.29) is 0 Å². The Balaban J connectivity index is 1.62. The zero-order valence-electron chi connectivity index (χ0n) is 13.5. The molecule has 3 aromatic rings. The SMILES string of the molecule is Cc1cc(C)cc(OCCCn2c(C)nc3ccccc32)c1. The summed E-state index contributed by atoms with van der Waals surface area (Å²) in [5.74, 6) is 2.03. The number of nitrogens with zero attached hydrogens (tertiary/aromatic N) is 2. The van der Waals surface area contributed by atoms with E-state index in [0.717, 1.165) is 36.7 Å². The maximum absolute atomic E-state index is 5.88. The number of ether oxygens (including phenoxy) is 1. The van der Waals surface area contributed by atoms with Crippen molar-refractivity contribution in [1.82, 2.24) is 9.55 Å². The van der Waals surface area contributed by atoms with Crippen molar-refractivity contribution in [3.8, 4) is 5.75 Å². The number of aromatic nitrogens is 2. The summed E-state index contributed by atoms with van der Waals surface area (Å²) in [4.78, 5) is 4.60. The lowest BCUT2D eigenvalue weighted by atomic mass is 10.1. The highest BCUT2D eigenvalue weighted by atomic mass is 16.5. The van der Waals surface area contributed by atoms with Crippen LogP contribution in [0.4, 0.5) is 0 Å². The van der Waals surface area contributed by atoms with Crippen LogP contribution in [0.1, 0.15) is 23.4 Å². The summed E-state index contributed by atoms with van der Waals surface area (Å²) in [5.41, 5.74) is 4.75. The van der Waals surface area contributed by atoms with Gasteiger partial charge in [0, 0.05) is 6.54 Å². The van der Waals surface area contributed by atoms with Crippen LogP contribution in [0.3, 0.4) is 0 Å². The highest BCUT2D eigenvalue weighted by molar-refractivity contribution is 5.75. The first-order valence-corrected chi connectivity index (χ1v) is 7.76. The van der Waals surface area contributed by atoms with Crippen LogP contribution >= 0.6 is 0 Å². The van der Waals surface area contributed by atoms with E-state index in [0.29, 0.717) is 0 Å². The second kappa shape index (κ2) is 6.22. The van der Waals surface area contributed by atoms with E-state index in [9.17, 15) is 0 Å². The molecule has 2 aromatic carbocycles. The third kappa shape index (κ3) is 3.14. The summed E-state index contributed by atoms with van der Waals surface area (Å²) in [6.07, 6.45) is 0.966. The van der Waals surface area contributed by atoms with Crippen LogP contribution in [-0.4, -0.2) is 16.2 Å². The maximum atomic E-state index is 5.88. The molecule has 0 aliphatic rings. The van der Waals surface area contributed by atoms with Crippen molar-refractivity contribution in [2.45, 2.75) is 33.7 Å². The average molecular weight is 294 g/mol. The van der Waals surface area contributed by atoms with Gasteiger partial charge in [-0.1, -0.05) is 18.2 Å². The van der Waals surface area contributed by atoms with Gasteiger partial charge in [-0.05, 0) is 62.6 Å². The molecule has 1 aromatic heterocycles. The summed E-state index contributed by atoms with van der Waals surface area (Å²) in [7, 11) is 0. The molecule has 3 nitrogen and oxygen atoms in total. The fourth-order valence-electron chi connectivity index (χ4n) is 2.91. The van der Waals surface area contributed by atoms with Crippen molar-refractivity contribution in [2.75, 3.05) is 6.61 Å². The quantitative estimate of drug-likeness (QED) is 0.651. The molecule has 0 saturated carbocycles. The Morgan fingerprint density at radius 2 is 1.73 bits per heavy atom. The van der Waals surface area contributed by atoms with Crippen LogP contribution in [0.25, 0.3) is 11.0 Å². The van der Waals surface area contributed by atoms with E-state index in [2.05, 4.69) is 66.7 Å². The van der Waals surface area contributed by atoms with Crippen LogP contribution in [-0.2, 0) is 6.54 Å². The molecule has 0 saturated heterocycles. The average Bonchev–Trinajstić information content (AvgIpc) is 2.78. The molecule has 0 atom stereocenters. The van der Waals surface area contributed by atoms with Gasteiger partial charge in [0.1, 0.15) is 11.6 Å². The first-order valence-electron chi connectivity index (χ1n) is 7.76. The number of hydrogen-bond donors (Lipinski definition) is 0. The molecule has 0 unspecified atom stereocenters. The molecule has 0 spiro atoms. The largest absolute Gasteiger partial charge is 0.494 e. The number of aryl methyl sites for hydroxylation is 4. The van der Waals surface area contributed by atoms with E-state index in [4.69, 9.17) is 4.74 Å². The van der Waals surface area contributed by atoms with Crippen LogP contribution in [0, 0.1) is 20.8 Å². The van der Waals surface area contributed by atoms with E-state index >= 15 is 0 Å². The summed E-state index contributed by atoms with van der Waals surface area (Å²) in [5, 5.41) is 0. The molecule has 0 aliphatic carbocycles. The minimum Gasteiger partial charge on any atom is -0.494 e. The summed E-state index contributed by atoms with van der Waals surface area (Å²) in [6, 6.07) is 14.6. The Morgan fingerprint density at radius 3 is 2.50 bits per heavy atom. The van der Waals surface area contributed by atoms with Gasteiger partial charge in [0.05, 0.1) is 17.6 Å². The van der Waals surface area contributed by atoms with Crippen molar-refractivity contribution in [1.29, 1.82) is 0 Å². The topological polar surface area (TPSA) is 27.1 Å². The molecule has 0 bridgehead atoms. The van der Waals surface area contributed by atoms with Crippen LogP contribution < -0.4 is 4.74 Å². The van der Waals surface area contributed by atoms with E-state index in [1.165, 1.54) is 16.6 Å². The normalized spacial score (nSPS) is 11.0. The fraction of sp³-hybridized carbons (Fsp3) is 0.316. The predicted octanol–water partition coefficient (Wildman–Crippen LogP) is 4.43. The van der Waals surface area contributed by atoms with Crippen molar-refractivity contribution < 1.29 is 4.74 Å². The molecule has 0 aliphatic heterocycles. The lowest BCUT2D eigenvalue weighted by Gasteiger charge is -2.10. The fourth-order valence-corrected chi connectivity index (χ4v) is 2.91. The van der Waals surface area contributed by atoms with Crippen LogP contribution in [0.2, 0.25) is 0 Å². The van der Waals surface area contributed by atoms with Gasteiger partial charge >= 0.3 is 0 Å². The third-order valence-corrected chi connectivity index (χ3v) is 3.84. The Labute approximate surface area is 131 Å². The number of imidazole rings is 1. The van der Waals surface area contributed by atoms with Gasteiger partial charge in [-0.25, -0.2) is 4.98 Å². The molecular formula is C19H22N2O. The van der Waals surface area contributed by atoms with Gasteiger partial charge < -0.3 is 9.30 Å². The number of hydrogen-bond acceptors (Lipinski definition) is 2. The first kappa shape index (κ1) is 14.6. The number of para-hydroxylation sites is 2. The van der Waals surface area contributed by atoms with Gasteiger partial charge in [-0.15, -0.1) is 0 Å². The lowest BCUT2D eigenvalue weighted by Crippen LogP contribution is -2.06. The van der Waals surface area contributed by atoms with Gasteiger partial charge in [-0.3, -0.25) is 0 Å². The first-order chi connectivity index (χ1) is 10.6. The number of fused-ring (bicyclic) bond motifs is 1. The smallest absolute Gasteiger partial charge is 0.119 e. The minimum absolute atomic E-state index is 0.717. The highest BCUT2D eigenvalue weighted by Gasteiger charge is 2.06. The standard InChI is InChI=1S/C19H22N2O/c1-14-11-15(2)13-17(12-14)22-10-6-9-21-16(3)20-18-7-4-5-8-19(18)21/h4-5,7-8,11-13H,6,9-10H2,1-3H3. The second-order valence-corrected chi connectivity index (χ2v) is 5.82. The predicted molar refractivity (Wildman–Crippen MR) is 90.5 cm³/mol. The molecule has 1 heterocycles. The summed E-state index contributed by atoms with van der Waals surface area (Å²) < 4.78 is 8.15. The minimum atomic E-state index is 0.717. The second-order valence-electron chi connectivity index (χ2n) is 5.82. The van der Waals surface area contributed by atoms with Crippen molar-refractivity contribution in [2.24, 2.45) is 0 Å². The monoisotopic (exact) mass is 294 g/mol. The van der Waals surface area contributed by atoms with E-state index in [1.54, 1.807) is 0 Å². The Morgan fingerprint density at radius 1 is 1.00 bits per heavy atom. The highest BCUT2D eigenvalue weighted by Crippen LogP contribution is 2.18. The van der Waals surface area contributed by atoms with E-state index < -0.39 is 0 Å². The van der Waals surface area contributed by atoms with Crippen LogP contribution in [0.15, 0.2) is 42.5 Å². The molecule has 114 valence electrons. The van der Waals surface area contributed by atoms with Crippen molar-refractivity contribution in [3.05, 3.63) is 59.4 Å². The molecule has 0 N–H and O–H groups in total. The summed E-state index contributed by atoms with van der Waals surface area (Å²) in [6.45, 7) is 7.90.